The van der Waals surface area contributed by atoms with E-state index in [2.05, 4.69) is 5.32 Å². The number of nitrogens with zero attached hydrogens (tertiary/aromatic N) is 1. The van der Waals surface area contributed by atoms with E-state index in [-0.39, 0.29) is 24.3 Å². The molecular formula is C24H31ClN2O2. The van der Waals surface area contributed by atoms with Crippen molar-refractivity contribution in [2.75, 3.05) is 0 Å². The summed E-state index contributed by atoms with van der Waals surface area (Å²) in [5.41, 5.74) is 2.88. The molecule has 2 amide bonds. The SMILES string of the molecule is CC[C@@H](C)NC(=O)[C@@H](CC)N(Cc1ccccc1Cl)C(=O)Cc1cccc(C)c1. The van der Waals surface area contributed by atoms with Crippen LogP contribution in [0.5, 0.6) is 0 Å². The second-order valence-corrected chi connectivity index (χ2v) is 7.93. The molecule has 0 aromatic heterocycles. The van der Waals surface area contributed by atoms with Crippen molar-refractivity contribution in [2.45, 2.75) is 65.6 Å². The Morgan fingerprint density at radius 3 is 2.41 bits per heavy atom. The third kappa shape index (κ3) is 6.60. The van der Waals surface area contributed by atoms with Crippen molar-refractivity contribution in [1.29, 1.82) is 0 Å². The molecule has 29 heavy (non-hydrogen) atoms. The minimum atomic E-state index is -0.544. The summed E-state index contributed by atoms with van der Waals surface area (Å²) in [6, 6.07) is 14.9. The van der Waals surface area contributed by atoms with Gasteiger partial charge in [0, 0.05) is 17.6 Å². The van der Waals surface area contributed by atoms with E-state index in [4.69, 9.17) is 11.6 Å². The van der Waals surface area contributed by atoms with Crippen molar-refractivity contribution >= 4 is 23.4 Å². The van der Waals surface area contributed by atoms with Crippen LogP contribution < -0.4 is 5.32 Å². The van der Waals surface area contributed by atoms with E-state index in [1.807, 2.05) is 70.2 Å². The molecule has 2 aromatic carbocycles. The summed E-state index contributed by atoms with van der Waals surface area (Å²) in [5.74, 6) is -0.201. The number of hydrogen-bond donors (Lipinski definition) is 1. The average molecular weight is 415 g/mol. The first-order chi connectivity index (χ1) is 13.8. The van der Waals surface area contributed by atoms with E-state index in [1.54, 1.807) is 11.0 Å². The van der Waals surface area contributed by atoms with Crippen LogP contribution in [0.15, 0.2) is 48.5 Å². The van der Waals surface area contributed by atoms with E-state index >= 15 is 0 Å². The maximum Gasteiger partial charge on any atom is 0.243 e. The molecular weight excluding hydrogens is 384 g/mol. The maximum atomic E-state index is 13.3. The van der Waals surface area contributed by atoms with Gasteiger partial charge >= 0.3 is 0 Å². The summed E-state index contributed by atoms with van der Waals surface area (Å²) in [7, 11) is 0. The van der Waals surface area contributed by atoms with Gasteiger partial charge in [-0.2, -0.15) is 0 Å². The van der Waals surface area contributed by atoms with Crippen molar-refractivity contribution in [3.63, 3.8) is 0 Å². The van der Waals surface area contributed by atoms with Crippen LogP contribution in [0, 0.1) is 6.92 Å². The topological polar surface area (TPSA) is 49.4 Å². The number of benzene rings is 2. The highest BCUT2D eigenvalue weighted by Gasteiger charge is 2.29. The molecule has 0 fully saturated rings. The lowest BCUT2D eigenvalue weighted by Gasteiger charge is -2.32. The lowest BCUT2D eigenvalue weighted by Crippen LogP contribution is -2.51. The van der Waals surface area contributed by atoms with Gasteiger partial charge in [0.1, 0.15) is 6.04 Å². The van der Waals surface area contributed by atoms with Gasteiger partial charge in [0.2, 0.25) is 11.8 Å². The van der Waals surface area contributed by atoms with E-state index in [0.29, 0.717) is 18.0 Å². The van der Waals surface area contributed by atoms with Crippen LogP contribution in [0.4, 0.5) is 0 Å². The number of halogens is 1. The van der Waals surface area contributed by atoms with Crippen LogP contribution in [0.2, 0.25) is 5.02 Å². The van der Waals surface area contributed by atoms with Crippen LogP contribution >= 0.6 is 11.6 Å². The Kier molecular flexibility index (Phi) is 8.71. The number of nitrogens with one attached hydrogen (secondary N) is 1. The van der Waals surface area contributed by atoms with E-state index < -0.39 is 6.04 Å². The molecule has 0 spiro atoms. The van der Waals surface area contributed by atoms with Gasteiger partial charge in [-0.1, -0.05) is 73.5 Å². The highest BCUT2D eigenvalue weighted by Crippen LogP contribution is 2.21. The Balaban J connectivity index is 2.31. The average Bonchev–Trinajstić information content (AvgIpc) is 2.69. The molecule has 2 rings (SSSR count). The minimum absolute atomic E-state index is 0.0607. The summed E-state index contributed by atoms with van der Waals surface area (Å²) in [6.07, 6.45) is 1.62. The van der Waals surface area contributed by atoms with Crippen molar-refractivity contribution in [3.05, 3.63) is 70.2 Å². The summed E-state index contributed by atoms with van der Waals surface area (Å²) < 4.78 is 0. The van der Waals surface area contributed by atoms with Crippen molar-refractivity contribution in [3.8, 4) is 0 Å². The largest absolute Gasteiger partial charge is 0.352 e. The second kappa shape index (κ2) is 11.0. The highest BCUT2D eigenvalue weighted by atomic mass is 35.5. The lowest BCUT2D eigenvalue weighted by molar-refractivity contribution is -0.141. The number of carbonyl (C=O) groups is 2. The fourth-order valence-electron chi connectivity index (χ4n) is 3.27. The Labute approximate surface area is 179 Å². The molecule has 0 aliphatic heterocycles. The summed E-state index contributed by atoms with van der Waals surface area (Å²) >= 11 is 6.35. The van der Waals surface area contributed by atoms with Crippen molar-refractivity contribution in [1.82, 2.24) is 10.2 Å². The van der Waals surface area contributed by atoms with Crippen LogP contribution in [0.1, 0.15) is 50.3 Å². The van der Waals surface area contributed by atoms with Crippen LogP contribution in [0.25, 0.3) is 0 Å². The first-order valence-electron chi connectivity index (χ1n) is 10.2. The van der Waals surface area contributed by atoms with Crippen LogP contribution in [0.3, 0.4) is 0 Å². The molecule has 0 aliphatic rings. The zero-order valence-corrected chi connectivity index (χ0v) is 18.5. The van der Waals surface area contributed by atoms with Gasteiger partial charge in [-0.15, -0.1) is 0 Å². The first-order valence-corrected chi connectivity index (χ1v) is 10.6. The molecule has 0 saturated carbocycles. The number of hydrogen-bond acceptors (Lipinski definition) is 2. The molecule has 0 radical (unpaired) electrons. The summed E-state index contributed by atoms with van der Waals surface area (Å²) in [6.45, 7) is 8.23. The van der Waals surface area contributed by atoms with Gasteiger partial charge in [-0.05, 0) is 43.9 Å². The van der Waals surface area contributed by atoms with Gasteiger partial charge in [-0.25, -0.2) is 0 Å². The van der Waals surface area contributed by atoms with E-state index in [9.17, 15) is 9.59 Å². The molecule has 0 saturated heterocycles. The van der Waals surface area contributed by atoms with Gasteiger partial charge in [0.05, 0.1) is 6.42 Å². The molecule has 5 heteroatoms. The highest BCUT2D eigenvalue weighted by molar-refractivity contribution is 6.31. The monoisotopic (exact) mass is 414 g/mol. The van der Waals surface area contributed by atoms with Gasteiger partial charge < -0.3 is 10.2 Å². The van der Waals surface area contributed by atoms with Crippen molar-refractivity contribution < 1.29 is 9.59 Å². The van der Waals surface area contributed by atoms with Gasteiger partial charge in [0.25, 0.3) is 0 Å². The molecule has 156 valence electrons. The number of aryl methyl sites for hydroxylation is 1. The van der Waals surface area contributed by atoms with Crippen LogP contribution in [-0.2, 0) is 22.6 Å². The first kappa shape index (κ1) is 23.0. The zero-order valence-electron chi connectivity index (χ0n) is 17.7. The molecule has 0 bridgehead atoms. The molecule has 1 N–H and O–H groups in total. The molecule has 2 aromatic rings. The fraction of sp³-hybridized carbons (Fsp3) is 0.417. The predicted molar refractivity (Wildman–Crippen MR) is 119 cm³/mol. The number of rotatable bonds is 9. The normalized spacial score (nSPS) is 12.9. The number of carbonyl (C=O) groups excluding carboxylic acids is 2. The fourth-order valence-corrected chi connectivity index (χ4v) is 3.46. The Morgan fingerprint density at radius 2 is 1.79 bits per heavy atom. The Morgan fingerprint density at radius 1 is 1.07 bits per heavy atom. The molecule has 2 atom stereocenters. The smallest absolute Gasteiger partial charge is 0.243 e. The quantitative estimate of drug-likeness (QED) is 0.633. The van der Waals surface area contributed by atoms with E-state index in [0.717, 1.165) is 23.1 Å². The second-order valence-electron chi connectivity index (χ2n) is 7.52. The molecule has 0 heterocycles. The van der Waals surface area contributed by atoms with Gasteiger partial charge in [0.15, 0.2) is 0 Å². The summed E-state index contributed by atoms with van der Waals surface area (Å²) in [4.78, 5) is 27.9. The number of amides is 2. The minimum Gasteiger partial charge on any atom is -0.352 e. The summed E-state index contributed by atoms with van der Waals surface area (Å²) in [5, 5.41) is 3.62. The van der Waals surface area contributed by atoms with Crippen molar-refractivity contribution in [2.24, 2.45) is 0 Å². The Bertz CT molecular complexity index is 837. The predicted octanol–water partition coefficient (Wildman–Crippen LogP) is 4.91. The molecule has 0 aliphatic carbocycles. The van der Waals surface area contributed by atoms with E-state index in [1.165, 1.54) is 0 Å². The standard InChI is InChI=1S/C24H31ClN2O2/c1-5-18(4)26-24(29)22(6-2)27(16-20-12-7-8-13-21(20)25)23(28)15-19-11-9-10-17(3)14-19/h7-14,18,22H,5-6,15-16H2,1-4H3,(H,26,29)/t18-,22-/m1/s1. The zero-order chi connectivity index (χ0) is 21.4. The molecule has 0 unspecified atom stereocenters. The third-order valence-electron chi connectivity index (χ3n) is 5.12. The Hall–Kier alpha value is -2.33. The van der Waals surface area contributed by atoms with Gasteiger partial charge in [-0.3, -0.25) is 9.59 Å². The molecule has 4 nitrogen and oxygen atoms in total. The lowest BCUT2D eigenvalue weighted by atomic mass is 10.0. The van der Waals surface area contributed by atoms with Crippen LogP contribution in [-0.4, -0.2) is 28.8 Å². The third-order valence-corrected chi connectivity index (χ3v) is 5.49. The maximum absolute atomic E-state index is 13.3.